The molecule has 1 aliphatic heterocycles. The Labute approximate surface area is 170 Å². The fraction of sp³-hybridized carbons (Fsp3) is 0.364. The molecule has 1 saturated heterocycles. The van der Waals surface area contributed by atoms with Crippen molar-refractivity contribution in [3.05, 3.63) is 48.5 Å². The van der Waals surface area contributed by atoms with E-state index in [-0.39, 0.29) is 24.5 Å². The number of carbonyl (C=O) groups is 2. The van der Waals surface area contributed by atoms with Crippen molar-refractivity contribution in [1.29, 1.82) is 0 Å². The van der Waals surface area contributed by atoms with Gasteiger partial charge in [0.2, 0.25) is 11.8 Å². The van der Waals surface area contributed by atoms with Gasteiger partial charge in [0.05, 0.1) is 12.6 Å². The molecular weight excluding hydrogens is 370 g/mol. The molecule has 0 spiro atoms. The summed E-state index contributed by atoms with van der Waals surface area (Å²) < 4.78 is 11.3. The van der Waals surface area contributed by atoms with E-state index in [1.807, 2.05) is 24.3 Å². The third-order valence-corrected chi connectivity index (χ3v) is 4.52. The van der Waals surface area contributed by atoms with Crippen LogP contribution in [0.25, 0.3) is 0 Å². The highest BCUT2D eigenvalue weighted by molar-refractivity contribution is 5.94. The summed E-state index contributed by atoms with van der Waals surface area (Å²) in [5.74, 6) is 0.532. The van der Waals surface area contributed by atoms with Gasteiger partial charge in [-0.1, -0.05) is 13.0 Å². The van der Waals surface area contributed by atoms with E-state index >= 15 is 0 Å². The minimum Gasteiger partial charge on any atom is -0.491 e. The predicted molar refractivity (Wildman–Crippen MR) is 113 cm³/mol. The van der Waals surface area contributed by atoms with Crippen molar-refractivity contribution in [2.75, 3.05) is 35.7 Å². The SMILES string of the molecule is CCC(=O)Nc1ccc(NC(=O)CNc2cccc(OCC3CCCO3)c2)cc1. The molecule has 2 amide bonds. The minimum absolute atomic E-state index is 0.0482. The average molecular weight is 397 g/mol. The Morgan fingerprint density at radius 3 is 2.41 bits per heavy atom. The fourth-order valence-corrected chi connectivity index (χ4v) is 2.93. The smallest absolute Gasteiger partial charge is 0.243 e. The maximum absolute atomic E-state index is 12.2. The molecular formula is C22H27N3O4. The Hall–Kier alpha value is -3.06. The number of benzene rings is 2. The molecule has 7 nitrogen and oxygen atoms in total. The Morgan fingerprint density at radius 2 is 1.76 bits per heavy atom. The second-order valence-electron chi connectivity index (χ2n) is 6.85. The molecule has 2 aromatic carbocycles. The zero-order valence-electron chi connectivity index (χ0n) is 16.6. The molecule has 1 unspecified atom stereocenters. The van der Waals surface area contributed by atoms with Crippen LogP contribution in [0.1, 0.15) is 26.2 Å². The summed E-state index contributed by atoms with van der Waals surface area (Å²) in [6.07, 6.45) is 2.70. The first-order chi connectivity index (χ1) is 14.1. The third-order valence-electron chi connectivity index (χ3n) is 4.52. The Kier molecular flexibility index (Phi) is 7.47. The van der Waals surface area contributed by atoms with Crippen LogP contribution in [0, 0.1) is 0 Å². The molecule has 1 aliphatic rings. The first kappa shape index (κ1) is 20.7. The van der Waals surface area contributed by atoms with Gasteiger partial charge in [-0.2, -0.15) is 0 Å². The number of rotatable bonds is 9. The molecule has 7 heteroatoms. The number of hydrogen-bond acceptors (Lipinski definition) is 5. The number of hydrogen-bond donors (Lipinski definition) is 3. The molecule has 0 aliphatic carbocycles. The van der Waals surface area contributed by atoms with Crippen LogP contribution in [0.2, 0.25) is 0 Å². The summed E-state index contributed by atoms with van der Waals surface area (Å²) in [5.41, 5.74) is 2.18. The predicted octanol–water partition coefficient (Wildman–Crippen LogP) is 3.64. The molecule has 29 heavy (non-hydrogen) atoms. The first-order valence-electron chi connectivity index (χ1n) is 9.90. The fourth-order valence-electron chi connectivity index (χ4n) is 2.93. The summed E-state index contributed by atoms with van der Waals surface area (Å²) in [6.45, 7) is 3.27. The van der Waals surface area contributed by atoms with Crippen LogP contribution >= 0.6 is 0 Å². The van der Waals surface area contributed by atoms with Crippen molar-refractivity contribution in [2.45, 2.75) is 32.3 Å². The summed E-state index contributed by atoms with van der Waals surface area (Å²) in [7, 11) is 0. The van der Waals surface area contributed by atoms with Gasteiger partial charge in [-0.25, -0.2) is 0 Å². The molecule has 1 fully saturated rings. The van der Waals surface area contributed by atoms with Crippen LogP contribution in [0.4, 0.5) is 17.1 Å². The topological polar surface area (TPSA) is 88.7 Å². The van der Waals surface area contributed by atoms with Crippen LogP contribution in [0.15, 0.2) is 48.5 Å². The number of ether oxygens (including phenoxy) is 2. The molecule has 3 rings (SSSR count). The lowest BCUT2D eigenvalue weighted by atomic mass is 10.2. The van der Waals surface area contributed by atoms with E-state index in [0.717, 1.165) is 30.9 Å². The van der Waals surface area contributed by atoms with Gasteiger partial charge in [-0.3, -0.25) is 9.59 Å². The van der Waals surface area contributed by atoms with Crippen molar-refractivity contribution < 1.29 is 19.1 Å². The van der Waals surface area contributed by atoms with E-state index in [0.29, 0.717) is 24.4 Å². The number of anilines is 3. The molecule has 154 valence electrons. The molecule has 0 radical (unpaired) electrons. The summed E-state index contributed by atoms with van der Waals surface area (Å²) in [6, 6.07) is 14.5. The van der Waals surface area contributed by atoms with E-state index in [1.165, 1.54) is 0 Å². The van der Waals surface area contributed by atoms with Gasteiger partial charge >= 0.3 is 0 Å². The average Bonchev–Trinajstić information content (AvgIpc) is 3.26. The van der Waals surface area contributed by atoms with Crippen LogP contribution in [-0.4, -0.2) is 37.7 Å². The van der Waals surface area contributed by atoms with Crippen molar-refractivity contribution in [3.8, 4) is 5.75 Å². The summed E-state index contributed by atoms with van der Waals surface area (Å²) >= 11 is 0. The van der Waals surface area contributed by atoms with E-state index in [4.69, 9.17) is 9.47 Å². The van der Waals surface area contributed by atoms with Gasteiger partial charge in [0.1, 0.15) is 12.4 Å². The van der Waals surface area contributed by atoms with E-state index in [2.05, 4.69) is 16.0 Å². The number of amides is 2. The van der Waals surface area contributed by atoms with Crippen LogP contribution in [-0.2, 0) is 14.3 Å². The Balaban J connectivity index is 1.44. The molecule has 1 atom stereocenters. The first-order valence-corrected chi connectivity index (χ1v) is 9.90. The zero-order chi connectivity index (χ0) is 20.5. The van der Waals surface area contributed by atoms with E-state index in [9.17, 15) is 9.59 Å². The lowest BCUT2D eigenvalue weighted by molar-refractivity contribution is -0.116. The molecule has 2 aromatic rings. The van der Waals surface area contributed by atoms with E-state index < -0.39 is 0 Å². The normalized spacial score (nSPS) is 15.6. The van der Waals surface area contributed by atoms with Crippen molar-refractivity contribution in [2.24, 2.45) is 0 Å². The van der Waals surface area contributed by atoms with Crippen molar-refractivity contribution >= 4 is 28.9 Å². The molecule has 0 saturated carbocycles. The van der Waals surface area contributed by atoms with Crippen molar-refractivity contribution in [1.82, 2.24) is 0 Å². The highest BCUT2D eigenvalue weighted by Gasteiger charge is 2.16. The Morgan fingerprint density at radius 1 is 1.03 bits per heavy atom. The number of nitrogens with one attached hydrogen (secondary N) is 3. The minimum atomic E-state index is -0.166. The summed E-state index contributed by atoms with van der Waals surface area (Å²) in [4.78, 5) is 23.6. The van der Waals surface area contributed by atoms with Gasteiger partial charge < -0.3 is 25.4 Å². The molecule has 3 N–H and O–H groups in total. The summed E-state index contributed by atoms with van der Waals surface area (Å²) in [5, 5.41) is 8.69. The molecule has 0 bridgehead atoms. The standard InChI is InChI=1S/C22H27N3O4/c1-2-21(26)24-16-8-10-17(11-9-16)25-22(27)14-23-18-5-3-6-19(13-18)29-15-20-7-4-12-28-20/h3,5-6,8-11,13,20,23H,2,4,7,12,14-15H2,1H3,(H,24,26)(H,25,27). The van der Waals surface area contributed by atoms with E-state index in [1.54, 1.807) is 31.2 Å². The lowest BCUT2D eigenvalue weighted by Gasteiger charge is -2.13. The van der Waals surface area contributed by atoms with Gasteiger partial charge in [-0.15, -0.1) is 0 Å². The highest BCUT2D eigenvalue weighted by Crippen LogP contribution is 2.20. The maximum atomic E-state index is 12.2. The monoisotopic (exact) mass is 397 g/mol. The second kappa shape index (κ2) is 10.5. The van der Waals surface area contributed by atoms with Crippen molar-refractivity contribution in [3.63, 3.8) is 0 Å². The van der Waals surface area contributed by atoms with Gasteiger partial charge in [0, 0.05) is 36.2 Å². The second-order valence-corrected chi connectivity index (χ2v) is 6.85. The van der Waals surface area contributed by atoms with Gasteiger partial charge in [0.15, 0.2) is 0 Å². The highest BCUT2D eigenvalue weighted by atomic mass is 16.5. The van der Waals surface area contributed by atoms with Crippen LogP contribution in [0.5, 0.6) is 5.75 Å². The Bertz CT molecular complexity index is 817. The lowest BCUT2D eigenvalue weighted by Crippen LogP contribution is -2.21. The van der Waals surface area contributed by atoms with Gasteiger partial charge in [0.25, 0.3) is 0 Å². The largest absolute Gasteiger partial charge is 0.491 e. The zero-order valence-corrected chi connectivity index (χ0v) is 16.6. The maximum Gasteiger partial charge on any atom is 0.243 e. The number of carbonyl (C=O) groups excluding carboxylic acids is 2. The molecule has 1 heterocycles. The van der Waals surface area contributed by atoms with Gasteiger partial charge in [-0.05, 0) is 49.2 Å². The van der Waals surface area contributed by atoms with Crippen LogP contribution < -0.4 is 20.7 Å². The quantitative estimate of drug-likeness (QED) is 0.601. The van der Waals surface area contributed by atoms with Crippen LogP contribution in [0.3, 0.4) is 0 Å². The third kappa shape index (κ3) is 6.80. The molecule has 0 aromatic heterocycles.